The first kappa shape index (κ1) is 17.6. The van der Waals surface area contributed by atoms with E-state index in [2.05, 4.69) is 31.2 Å². The number of aromatic nitrogens is 4. The summed E-state index contributed by atoms with van der Waals surface area (Å²) in [7, 11) is 1.63. The Bertz CT molecular complexity index is 983. The zero-order valence-corrected chi connectivity index (χ0v) is 15.7. The standard InChI is InChI=1S/C18H19N7OS/c1-26-10-13-7-15(22-11-21-13)24-17-16-14(4-5-20-17)23-18(27-16)25-6-2-3-12(8-19)9-25/h4-5,7,11-12H,2-3,6,9-10H2,1H3,(H,20,21,22,24). The molecule has 0 amide bonds. The van der Waals surface area contributed by atoms with Gasteiger partial charge in [0.05, 0.1) is 34.5 Å². The van der Waals surface area contributed by atoms with Gasteiger partial charge in [-0.2, -0.15) is 5.26 Å². The molecule has 1 saturated heterocycles. The third kappa shape index (κ3) is 3.82. The molecule has 4 rings (SSSR count). The Morgan fingerprint density at radius 2 is 2.33 bits per heavy atom. The van der Waals surface area contributed by atoms with Gasteiger partial charge < -0.3 is 15.0 Å². The summed E-state index contributed by atoms with van der Waals surface area (Å²) in [6.07, 6.45) is 5.22. The molecule has 4 heterocycles. The highest BCUT2D eigenvalue weighted by Crippen LogP contribution is 2.35. The van der Waals surface area contributed by atoms with Crippen molar-refractivity contribution in [1.29, 1.82) is 5.26 Å². The monoisotopic (exact) mass is 381 g/mol. The molecule has 3 aromatic rings. The lowest BCUT2D eigenvalue weighted by Crippen LogP contribution is -2.34. The molecular weight excluding hydrogens is 362 g/mol. The molecular formula is C18H19N7OS. The summed E-state index contributed by atoms with van der Waals surface area (Å²) in [5, 5.41) is 13.4. The van der Waals surface area contributed by atoms with Crippen LogP contribution in [0.3, 0.4) is 0 Å². The number of nitrogens with zero attached hydrogens (tertiary/aromatic N) is 6. The van der Waals surface area contributed by atoms with E-state index in [0.717, 1.165) is 47.0 Å². The number of piperidine rings is 1. The van der Waals surface area contributed by atoms with Crippen molar-refractivity contribution in [2.75, 3.05) is 30.4 Å². The second-order valence-corrected chi connectivity index (χ2v) is 7.35. The van der Waals surface area contributed by atoms with Crippen LogP contribution in [0.5, 0.6) is 0 Å². The van der Waals surface area contributed by atoms with Crippen molar-refractivity contribution in [1.82, 2.24) is 19.9 Å². The third-order valence-electron chi connectivity index (χ3n) is 4.43. The predicted octanol–water partition coefficient (Wildman–Crippen LogP) is 3.11. The normalized spacial score (nSPS) is 17.0. The number of fused-ring (bicyclic) bond motifs is 1. The second kappa shape index (κ2) is 7.82. The van der Waals surface area contributed by atoms with Gasteiger partial charge in [-0.15, -0.1) is 0 Å². The lowest BCUT2D eigenvalue weighted by molar-refractivity contribution is 0.181. The van der Waals surface area contributed by atoms with Crippen molar-refractivity contribution in [3.05, 3.63) is 30.4 Å². The molecule has 1 aliphatic heterocycles. The van der Waals surface area contributed by atoms with Gasteiger partial charge in [-0.1, -0.05) is 11.3 Å². The van der Waals surface area contributed by atoms with E-state index in [4.69, 9.17) is 9.72 Å². The molecule has 27 heavy (non-hydrogen) atoms. The number of methoxy groups -OCH3 is 1. The summed E-state index contributed by atoms with van der Waals surface area (Å²) >= 11 is 1.59. The van der Waals surface area contributed by atoms with Crippen LogP contribution in [0.4, 0.5) is 16.8 Å². The smallest absolute Gasteiger partial charge is 0.186 e. The molecule has 0 spiro atoms. The summed E-state index contributed by atoms with van der Waals surface area (Å²) in [6, 6.07) is 6.13. The summed E-state index contributed by atoms with van der Waals surface area (Å²) in [4.78, 5) is 19.9. The zero-order chi connectivity index (χ0) is 18.6. The first-order valence-corrected chi connectivity index (χ1v) is 9.55. The van der Waals surface area contributed by atoms with Gasteiger partial charge in [-0.05, 0) is 18.9 Å². The summed E-state index contributed by atoms with van der Waals surface area (Å²) in [5.41, 5.74) is 1.68. The van der Waals surface area contributed by atoms with E-state index in [1.54, 1.807) is 24.6 Å². The van der Waals surface area contributed by atoms with Crippen LogP contribution in [-0.4, -0.2) is 40.1 Å². The molecule has 0 aromatic carbocycles. The van der Waals surface area contributed by atoms with Crippen LogP contribution in [0.1, 0.15) is 18.5 Å². The quantitative estimate of drug-likeness (QED) is 0.719. The van der Waals surface area contributed by atoms with Crippen LogP contribution in [0.2, 0.25) is 0 Å². The number of anilines is 3. The Labute approximate surface area is 160 Å². The van der Waals surface area contributed by atoms with Crippen molar-refractivity contribution >= 4 is 38.3 Å². The average Bonchev–Trinajstić information content (AvgIpc) is 3.14. The number of hydrogen-bond acceptors (Lipinski definition) is 9. The molecule has 1 fully saturated rings. The third-order valence-corrected chi connectivity index (χ3v) is 5.57. The molecule has 3 aromatic heterocycles. The minimum atomic E-state index is 0.0710. The molecule has 0 saturated carbocycles. The van der Waals surface area contributed by atoms with E-state index in [0.29, 0.717) is 18.2 Å². The number of pyridine rings is 1. The SMILES string of the molecule is COCc1cc(Nc2nccc3nc(N4CCCC(C#N)C4)sc23)ncn1. The van der Waals surface area contributed by atoms with E-state index in [-0.39, 0.29) is 5.92 Å². The van der Waals surface area contributed by atoms with Crippen LogP contribution in [0.15, 0.2) is 24.7 Å². The molecule has 1 aliphatic rings. The Kier molecular flexibility index (Phi) is 5.09. The van der Waals surface area contributed by atoms with Gasteiger partial charge in [0.25, 0.3) is 0 Å². The van der Waals surface area contributed by atoms with Gasteiger partial charge in [0, 0.05) is 32.5 Å². The van der Waals surface area contributed by atoms with E-state index >= 15 is 0 Å². The molecule has 1 N–H and O–H groups in total. The highest BCUT2D eigenvalue weighted by molar-refractivity contribution is 7.22. The van der Waals surface area contributed by atoms with Gasteiger partial charge in [0.15, 0.2) is 10.9 Å². The Morgan fingerprint density at radius 1 is 1.41 bits per heavy atom. The number of thiazole rings is 1. The van der Waals surface area contributed by atoms with Gasteiger partial charge in [-0.25, -0.2) is 19.9 Å². The minimum Gasteiger partial charge on any atom is -0.378 e. The minimum absolute atomic E-state index is 0.0710. The average molecular weight is 381 g/mol. The van der Waals surface area contributed by atoms with Crippen LogP contribution in [0, 0.1) is 17.2 Å². The first-order chi connectivity index (χ1) is 13.3. The fraction of sp³-hybridized carbons (Fsp3) is 0.389. The summed E-state index contributed by atoms with van der Waals surface area (Å²) in [5.74, 6) is 1.45. The highest BCUT2D eigenvalue weighted by atomic mass is 32.1. The number of nitriles is 1. The molecule has 1 atom stereocenters. The van der Waals surface area contributed by atoms with E-state index in [1.807, 2.05) is 12.1 Å². The van der Waals surface area contributed by atoms with Gasteiger partial charge in [-0.3, -0.25) is 0 Å². The van der Waals surface area contributed by atoms with Gasteiger partial charge in [0.2, 0.25) is 0 Å². The molecule has 138 valence electrons. The Morgan fingerprint density at radius 3 is 3.19 bits per heavy atom. The van der Waals surface area contributed by atoms with Crippen LogP contribution >= 0.6 is 11.3 Å². The van der Waals surface area contributed by atoms with Gasteiger partial charge in [0.1, 0.15) is 12.1 Å². The maximum atomic E-state index is 9.23. The molecule has 1 unspecified atom stereocenters. The van der Waals surface area contributed by atoms with Crippen LogP contribution in [-0.2, 0) is 11.3 Å². The van der Waals surface area contributed by atoms with E-state index < -0.39 is 0 Å². The molecule has 0 radical (unpaired) electrons. The zero-order valence-electron chi connectivity index (χ0n) is 14.9. The fourth-order valence-corrected chi connectivity index (χ4v) is 4.18. The highest BCUT2D eigenvalue weighted by Gasteiger charge is 2.22. The van der Waals surface area contributed by atoms with Crippen LogP contribution in [0.25, 0.3) is 10.2 Å². The lowest BCUT2D eigenvalue weighted by atomic mass is 10.0. The van der Waals surface area contributed by atoms with Crippen molar-refractivity contribution < 1.29 is 4.74 Å². The maximum absolute atomic E-state index is 9.23. The topological polar surface area (TPSA) is 99.8 Å². The number of rotatable bonds is 5. The molecule has 8 nitrogen and oxygen atoms in total. The van der Waals surface area contributed by atoms with Crippen molar-refractivity contribution in [3.63, 3.8) is 0 Å². The molecule has 0 bridgehead atoms. The van der Waals surface area contributed by atoms with Crippen molar-refractivity contribution in [2.24, 2.45) is 5.92 Å². The fourth-order valence-electron chi connectivity index (χ4n) is 3.14. The lowest BCUT2D eigenvalue weighted by Gasteiger charge is -2.28. The van der Waals surface area contributed by atoms with E-state index in [9.17, 15) is 5.26 Å². The first-order valence-electron chi connectivity index (χ1n) is 8.74. The van der Waals surface area contributed by atoms with Gasteiger partial charge >= 0.3 is 0 Å². The Balaban J connectivity index is 1.62. The summed E-state index contributed by atoms with van der Waals surface area (Å²) < 4.78 is 6.09. The summed E-state index contributed by atoms with van der Waals surface area (Å²) in [6.45, 7) is 2.09. The second-order valence-electron chi connectivity index (χ2n) is 6.37. The predicted molar refractivity (Wildman–Crippen MR) is 104 cm³/mol. The molecule has 0 aliphatic carbocycles. The molecule has 9 heteroatoms. The Hall–Kier alpha value is -2.83. The van der Waals surface area contributed by atoms with Crippen molar-refractivity contribution in [3.8, 4) is 6.07 Å². The van der Waals surface area contributed by atoms with E-state index in [1.165, 1.54) is 6.33 Å². The number of nitrogens with one attached hydrogen (secondary N) is 1. The van der Waals surface area contributed by atoms with Crippen molar-refractivity contribution in [2.45, 2.75) is 19.4 Å². The largest absolute Gasteiger partial charge is 0.378 e. The van der Waals surface area contributed by atoms with Crippen LogP contribution < -0.4 is 10.2 Å². The number of hydrogen-bond donors (Lipinski definition) is 1. The number of ether oxygens (including phenoxy) is 1. The maximum Gasteiger partial charge on any atom is 0.186 e.